The molecule has 0 amide bonds. The Hall–Kier alpha value is -3.98. The smallest absolute Gasteiger partial charge is 0.292 e. The summed E-state index contributed by atoms with van der Waals surface area (Å²) in [4.78, 5) is 19.5. The number of ketones is 1. The van der Waals surface area contributed by atoms with Crippen LogP contribution in [0.1, 0.15) is 33.7 Å². The predicted octanol–water partition coefficient (Wildman–Crippen LogP) is 3.86. The van der Waals surface area contributed by atoms with Crippen LogP contribution in [-0.2, 0) is 36.0 Å². The van der Waals surface area contributed by atoms with Crippen LogP contribution in [0.15, 0.2) is 60.0 Å². The Kier molecular flexibility index (Phi) is 6.33. The Bertz CT molecular complexity index is 1750. The number of nitrogens with one attached hydrogen (secondary N) is 1. The van der Waals surface area contributed by atoms with Crippen LogP contribution in [0.4, 0.5) is 17.6 Å². The number of fused-ring (bicyclic) bond motifs is 2. The van der Waals surface area contributed by atoms with Crippen molar-refractivity contribution in [2.75, 3.05) is 13.1 Å². The number of benzene rings is 1. The van der Waals surface area contributed by atoms with Gasteiger partial charge in [0.2, 0.25) is 0 Å². The Morgan fingerprint density at radius 2 is 1.90 bits per heavy atom. The molecule has 6 rings (SSSR count). The third-order valence-corrected chi connectivity index (χ3v) is 9.73. The molecule has 1 fully saturated rings. The number of hydrogen-bond donors (Lipinski definition) is 1. The number of Topliss-reactive ketones (excluding diaryl/α,β-unsaturated/α-hetero) is 1. The van der Waals surface area contributed by atoms with E-state index in [-0.39, 0.29) is 36.1 Å². The van der Waals surface area contributed by atoms with Crippen LogP contribution in [0.3, 0.4) is 0 Å². The van der Waals surface area contributed by atoms with Crippen molar-refractivity contribution in [3.63, 3.8) is 0 Å². The molecule has 2 aliphatic rings. The largest absolute Gasteiger partial charge is 0.416 e. The molecule has 4 heterocycles. The summed E-state index contributed by atoms with van der Waals surface area (Å²) in [6.45, 7) is 0.0309. The molecule has 0 spiro atoms. The summed E-state index contributed by atoms with van der Waals surface area (Å²) in [7, 11) is -2.14. The van der Waals surface area contributed by atoms with E-state index in [2.05, 4.69) is 20.3 Å². The molecule has 1 saturated heterocycles. The molecular formula is C26H24F4N8O2S. The van der Waals surface area contributed by atoms with Crippen molar-refractivity contribution in [2.24, 2.45) is 18.4 Å². The van der Waals surface area contributed by atoms with Crippen LogP contribution in [0.25, 0.3) is 5.69 Å². The highest BCUT2D eigenvalue weighted by molar-refractivity contribution is 7.90. The fourth-order valence-corrected chi connectivity index (χ4v) is 7.33. The summed E-state index contributed by atoms with van der Waals surface area (Å²) in [5.41, 5.74) is -0.580. The first-order valence-electron chi connectivity index (χ1n) is 12.7. The fraction of sp³-hybridized carbons (Fsp3) is 0.346. The zero-order valence-electron chi connectivity index (χ0n) is 21.7. The number of halogens is 4. The van der Waals surface area contributed by atoms with Crippen LogP contribution < -0.4 is 0 Å². The predicted molar refractivity (Wildman–Crippen MR) is 137 cm³/mol. The zero-order chi connectivity index (χ0) is 29.2. The molecule has 0 radical (unpaired) electrons. The van der Waals surface area contributed by atoms with Gasteiger partial charge in [-0.2, -0.15) is 28.2 Å². The molecule has 2 unspecified atom stereocenters. The maximum atomic E-state index is 14.3. The van der Waals surface area contributed by atoms with E-state index >= 15 is 0 Å². The summed E-state index contributed by atoms with van der Waals surface area (Å²) in [6, 6.07) is 7.34. The van der Waals surface area contributed by atoms with Gasteiger partial charge in [0.05, 0.1) is 29.1 Å². The standard InChI is InChI=1S/C26H24F4N8O2S/c1-36-33-14-23(35-36)41(31,40)37-9-7-17-11-22-16(13-34-38(22)20-4-2-19(27)3-5-20)12-25(17,15-37)24(39)21-10-18(6-8-32-21)26(28,29)30/h2-6,8,10,13-14,17,31H,7,9,11-12,15H2,1H3/t17?,25-,41?/m0/s1. The van der Waals surface area contributed by atoms with Crippen LogP contribution >= 0.6 is 0 Å². The SMILES string of the molecule is Cn1ncc(S(=N)(=O)N2CCC3Cc4c(cnn4-c4ccc(F)cc4)C[C@]3(C(=O)c3cc(C(F)(F)F)ccn3)C2)n1. The van der Waals surface area contributed by atoms with Crippen molar-refractivity contribution >= 4 is 15.7 Å². The van der Waals surface area contributed by atoms with Crippen LogP contribution in [0, 0.1) is 21.9 Å². The highest BCUT2D eigenvalue weighted by atomic mass is 32.2. The number of aromatic nitrogens is 6. The summed E-state index contributed by atoms with van der Waals surface area (Å²) in [6.07, 6.45) is -0.150. The van der Waals surface area contributed by atoms with Gasteiger partial charge < -0.3 is 0 Å². The van der Waals surface area contributed by atoms with Crippen molar-refractivity contribution in [1.82, 2.24) is 34.1 Å². The highest BCUT2D eigenvalue weighted by Crippen LogP contribution is 2.48. The summed E-state index contributed by atoms with van der Waals surface area (Å²) in [5, 5.41) is 12.4. The van der Waals surface area contributed by atoms with Crippen LogP contribution in [0.2, 0.25) is 0 Å². The van der Waals surface area contributed by atoms with Gasteiger partial charge in [0.15, 0.2) is 20.7 Å². The summed E-state index contributed by atoms with van der Waals surface area (Å²) in [5.74, 6) is -1.40. The number of carbonyl (C=O) groups is 1. The van der Waals surface area contributed by atoms with Gasteiger partial charge in [-0.15, -0.1) is 5.10 Å². The molecule has 1 N–H and O–H groups in total. The monoisotopic (exact) mass is 588 g/mol. The molecule has 41 heavy (non-hydrogen) atoms. The van der Waals surface area contributed by atoms with E-state index in [1.54, 1.807) is 23.0 Å². The van der Waals surface area contributed by atoms with Gasteiger partial charge in [0.25, 0.3) is 0 Å². The number of nitrogens with zero attached hydrogens (tertiary/aromatic N) is 7. The third-order valence-electron chi connectivity index (χ3n) is 7.94. The topological polar surface area (TPSA) is 123 Å². The maximum absolute atomic E-state index is 14.3. The second-order valence-corrected chi connectivity index (χ2v) is 12.3. The first-order valence-corrected chi connectivity index (χ1v) is 14.2. The first-order chi connectivity index (χ1) is 19.4. The van der Waals surface area contributed by atoms with Crippen molar-refractivity contribution in [2.45, 2.75) is 30.5 Å². The van der Waals surface area contributed by atoms with Gasteiger partial charge in [-0.3, -0.25) is 9.78 Å². The van der Waals surface area contributed by atoms with E-state index in [0.717, 1.165) is 24.0 Å². The van der Waals surface area contributed by atoms with Gasteiger partial charge in [0.1, 0.15) is 11.5 Å². The Balaban J connectivity index is 1.44. The minimum Gasteiger partial charge on any atom is -0.292 e. The fourth-order valence-electron chi connectivity index (χ4n) is 5.88. The second-order valence-electron chi connectivity index (χ2n) is 10.3. The van der Waals surface area contributed by atoms with Crippen molar-refractivity contribution < 1.29 is 26.6 Å². The quantitative estimate of drug-likeness (QED) is 0.279. The number of aryl methyl sites for hydroxylation is 1. The van der Waals surface area contributed by atoms with Gasteiger partial charge >= 0.3 is 6.18 Å². The van der Waals surface area contributed by atoms with E-state index in [9.17, 15) is 26.6 Å². The molecule has 15 heteroatoms. The molecule has 4 aromatic rings. The van der Waals surface area contributed by atoms with Gasteiger partial charge in [-0.05, 0) is 67.1 Å². The third kappa shape index (κ3) is 4.62. The molecular weight excluding hydrogens is 564 g/mol. The van der Waals surface area contributed by atoms with E-state index < -0.39 is 38.7 Å². The highest BCUT2D eigenvalue weighted by Gasteiger charge is 2.54. The second kappa shape index (κ2) is 9.55. The van der Waals surface area contributed by atoms with E-state index in [1.807, 2.05) is 0 Å². The number of alkyl halides is 3. The summed E-state index contributed by atoms with van der Waals surface area (Å²) >= 11 is 0. The number of carbonyl (C=O) groups excluding carboxylic acids is 1. The van der Waals surface area contributed by atoms with E-state index in [0.29, 0.717) is 24.1 Å². The molecule has 214 valence electrons. The van der Waals surface area contributed by atoms with Crippen molar-refractivity contribution in [3.05, 3.63) is 83.3 Å². The molecule has 0 bridgehead atoms. The molecule has 1 aliphatic carbocycles. The summed E-state index contributed by atoms with van der Waals surface area (Å²) < 4.78 is 79.7. The Morgan fingerprint density at radius 1 is 1.15 bits per heavy atom. The van der Waals surface area contributed by atoms with Gasteiger partial charge in [-0.25, -0.2) is 22.4 Å². The zero-order valence-corrected chi connectivity index (χ0v) is 22.5. The lowest BCUT2D eigenvalue weighted by molar-refractivity contribution is -0.137. The molecule has 10 nitrogen and oxygen atoms in total. The number of rotatable bonds is 5. The minimum absolute atomic E-state index is 0.0705. The minimum atomic E-state index is -4.68. The Labute approximate surface area is 232 Å². The number of hydrogen-bond acceptors (Lipinski definition) is 7. The average Bonchev–Trinajstić information content (AvgIpc) is 3.57. The lowest BCUT2D eigenvalue weighted by atomic mass is 9.60. The van der Waals surface area contributed by atoms with Crippen molar-refractivity contribution in [1.29, 1.82) is 4.78 Å². The normalized spacial score (nSPS) is 22.5. The molecule has 1 aromatic carbocycles. The number of piperidine rings is 1. The van der Waals surface area contributed by atoms with Crippen LogP contribution in [-0.4, -0.2) is 57.1 Å². The lowest BCUT2D eigenvalue weighted by Crippen LogP contribution is -2.57. The maximum Gasteiger partial charge on any atom is 0.416 e. The van der Waals surface area contributed by atoms with Crippen molar-refractivity contribution in [3.8, 4) is 5.69 Å². The lowest BCUT2D eigenvalue weighted by Gasteiger charge is -2.49. The average molecular weight is 589 g/mol. The number of pyridine rings is 1. The first kappa shape index (κ1) is 27.2. The molecule has 0 saturated carbocycles. The van der Waals surface area contributed by atoms with E-state index in [4.69, 9.17) is 4.78 Å². The Morgan fingerprint density at radius 3 is 2.59 bits per heavy atom. The molecule has 3 atom stereocenters. The molecule has 3 aromatic heterocycles. The van der Waals surface area contributed by atoms with E-state index in [1.165, 1.54) is 34.5 Å². The van der Waals surface area contributed by atoms with Gasteiger partial charge in [0, 0.05) is 32.0 Å². The molecule has 1 aliphatic heterocycles. The van der Waals surface area contributed by atoms with Crippen LogP contribution in [0.5, 0.6) is 0 Å². The van der Waals surface area contributed by atoms with Gasteiger partial charge in [-0.1, -0.05) is 0 Å².